The highest BCUT2D eigenvalue weighted by atomic mass is 35.7. The largest absolute Gasteiger partial charge is 0.462 e. The van der Waals surface area contributed by atoms with Gasteiger partial charge in [0.1, 0.15) is 6.61 Å². The SMILES string of the molecule is CCCCC/C=C\C/C=C\CCCCCCCC(=O)OC[C@H](COP(=O)(O)Cl)OC(=O)CCCCCCC/C=C\C/C=C\CCCCC. The lowest BCUT2D eigenvalue weighted by molar-refractivity contribution is -0.161. The van der Waals surface area contributed by atoms with Crippen molar-refractivity contribution < 1.29 is 33.0 Å². The Morgan fingerprint density at radius 3 is 1.42 bits per heavy atom. The van der Waals surface area contributed by atoms with Gasteiger partial charge >= 0.3 is 18.9 Å². The first-order valence-electron chi connectivity index (χ1n) is 18.9. The van der Waals surface area contributed by atoms with Crippen molar-refractivity contribution in [3.63, 3.8) is 0 Å². The second kappa shape index (κ2) is 35.2. The maximum Gasteiger partial charge on any atom is 0.421 e. The summed E-state index contributed by atoms with van der Waals surface area (Å²) in [6.45, 7) is -0.516. The standard InChI is InChI=1S/C39H68ClO7P/c1-3-5-7-9-11-13-15-17-19-21-23-25-27-29-31-33-38(41)45-35-37(36-46-48(40,43)44)47-39(42)34-32-30-28-26-24-22-20-18-16-14-12-10-8-6-4-2/h11-14,17-20,37H,3-10,15-16,21-36H2,1-2H3,(H,43,44)/b13-11-,14-12-,19-17-,20-18-/t37-/m1/s1. The van der Waals surface area contributed by atoms with Crippen molar-refractivity contribution >= 4 is 30.1 Å². The van der Waals surface area contributed by atoms with Crippen LogP contribution in [0.5, 0.6) is 0 Å². The molecular formula is C39H68ClO7P. The lowest BCUT2D eigenvalue weighted by Gasteiger charge is -2.18. The Hall–Kier alpha value is -1.66. The van der Waals surface area contributed by atoms with E-state index in [-0.39, 0.29) is 19.4 Å². The molecule has 0 saturated carbocycles. The Morgan fingerprint density at radius 2 is 0.979 bits per heavy atom. The summed E-state index contributed by atoms with van der Waals surface area (Å²) < 4.78 is 26.8. The summed E-state index contributed by atoms with van der Waals surface area (Å²) in [5, 5.41) is 0. The molecule has 2 atom stereocenters. The van der Waals surface area contributed by atoms with Crippen molar-refractivity contribution in [3.05, 3.63) is 48.6 Å². The number of hydrogen-bond acceptors (Lipinski definition) is 6. The fraction of sp³-hybridized carbons (Fsp3) is 0.744. The summed E-state index contributed by atoms with van der Waals surface area (Å²) in [5.41, 5.74) is 0. The number of unbranched alkanes of at least 4 members (excludes halogenated alkanes) is 16. The number of carbonyl (C=O) groups excluding carboxylic acids is 2. The molecule has 1 unspecified atom stereocenters. The summed E-state index contributed by atoms with van der Waals surface area (Å²) in [7, 11) is 0. The number of ether oxygens (including phenoxy) is 2. The van der Waals surface area contributed by atoms with Gasteiger partial charge in [-0.2, -0.15) is 0 Å². The molecule has 0 saturated heterocycles. The Kier molecular flexibility index (Phi) is 34.0. The highest BCUT2D eigenvalue weighted by Crippen LogP contribution is 2.47. The van der Waals surface area contributed by atoms with Crippen LogP contribution in [0.4, 0.5) is 0 Å². The van der Waals surface area contributed by atoms with Crippen LogP contribution in [0.3, 0.4) is 0 Å². The second-order valence-electron chi connectivity index (χ2n) is 12.5. The normalized spacial score (nSPS) is 14.0. The van der Waals surface area contributed by atoms with Crippen LogP contribution < -0.4 is 0 Å². The molecule has 0 aromatic carbocycles. The topological polar surface area (TPSA) is 99.1 Å². The third-order valence-corrected chi connectivity index (χ3v) is 8.57. The van der Waals surface area contributed by atoms with Crippen LogP contribution in [-0.4, -0.2) is 36.1 Å². The smallest absolute Gasteiger partial charge is 0.421 e. The second-order valence-corrected chi connectivity index (χ2v) is 14.9. The zero-order chi connectivity index (χ0) is 35.4. The van der Waals surface area contributed by atoms with E-state index in [1.54, 1.807) is 0 Å². The van der Waals surface area contributed by atoms with E-state index >= 15 is 0 Å². The number of rotatable bonds is 34. The fourth-order valence-corrected chi connectivity index (χ4v) is 5.47. The van der Waals surface area contributed by atoms with Gasteiger partial charge in [-0.15, -0.1) is 0 Å². The first kappa shape index (κ1) is 46.3. The molecule has 9 heteroatoms. The van der Waals surface area contributed by atoms with Crippen molar-refractivity contribution in [3.8, 4) is 0 Å². The molecule has 0 aliphatic carbocycles. The van der Waals surface area contributed by atoms with Gasteiger partial charge in [-0.25, -0.2) is 4.57 Å². The third-order valence-electron chi connectivity index (χ3n) is 7.81. The number of carbonyl (C=O) groups is 2. The number of allylic oxidation sites excluding steroid dienone is 8. The minimum Gasteiger partial charge on any atom is -0.462 e. The molecule has 0 aliphatic heterocycles. The van der Waals surface area contributed by atoms with E-state index in [0.717, 1.165) is 83.5 Å². The van der Waals surface area contributed by atoms with Gasteiger partial charge in [-0.05, 0) is 77.0 Å². The summed E-state index contributed by atoms with van der Waals surface area (Å²) in [4.78, 5) is 33.9. The molecule has 0 heterocycles. The molecule has 48 heavy (non-hydrogen) atoms. The molecule has 0 rings (SSSR count). The first-order valence-corrected chi connectivity index (χ1v) is 21.4. The molecule has 0 bridgehead atoms. The Balaban J connectivity index is 4.03. The molecule has 0 fully saturated rings. The van der Waals surface area contributed by atoms with Crippen molar-refractivity contribution in [2.75, 3.05) is 13.2 Å². The van der Waals surface area contributed by atoms with Crippen LogP contribution in [0.15, 0.2) is 48.6 Å². The molecule has 0 spiro atoms. The predicted octanol–water partition coefficient (Wildman–Crippen LogP) is 12.4. The Morgan fingerprint density at radius 1 is 0.583 bits per heavy atom. The minimum absolute atomic E-state index is 0.221. The van der Waals surface area contributed by atoms with Gasteiger partial charge in [0.2, 0.25) is 0 Å². The van der Waals surface area contributed by atoms with E-state index < -0.39 is 31.6 Å². The van der Waals surface area contributed by atoms with E-state index in [1.807, 2.05) is 0 Å². The maximum absolute atomic E-state index is 12.4. The molecular weight excluding hydrogens is 647 g/mol. The molecule has 0 aliphatic rings. The number of hydrogen-bond donors (Lipinski definition) is 1. The average molecular weight is 715 g/mol. The molecule has 0 amide bonds. The molecule has 0 aromatic rings. The molecule has 1 N–H and O–H groups in total. The lowest BCUT2D eigenvalue weighted by Crippen LogP contribution is -2.29. The van der Waals surface area contributed by atoms with Crippen LogP contribution in [0.2, 0.25) is 0 Å². The fourth-order valence-electron chi connectivity index (χ4n) is 4.96. The minimum atomic E-state index is -4.29. The van der Waals surface area contributed by atoms with Gasteiger partial charge < -0.3 is 14.4 Å². The van der Waals surface area contributed by atoms with Crippen LogP contribution in [0, 0.1) is 0 Å². The summed E-state index contributed by atoms with van der Waals surface area (Å²) in [5.74, 6) is -0.852. The van der Waals surface area contributed by atoms with E-state index in [0.29, 0.717) is 6.42 Å². The van der Waals surface area contributed by atoms with Crippen molar-refractivity contribution in [2.45, 2.75) is 174 Å². The highest BCUT2D eigenvalue weighted by molar-refractivity contribution is 7.80. The van der Waals surface area contributed by atoms with Crippen LogP contribution in [-0.2, 0) is 28.2 Å². The van der Waals surface area contributed by atoms with Gasteiger partial charge in [-0.3, -0.25) is 14.1 Å². The maximum atomic E-state index is 12.4. The lowest BCUT2D eigenvalue weighted by atomic mass is 10.1. The summed E-state index contributed by atoms with van der Waals surface area (Å²) >= 11 is 5.29. The van der Waals surface area contributed by atoms with Crippen molar-refractivity contribution in [1.29, 1.82) is 0 Å². The first-order chi connectivity index (χ1) is 23.3. The van der Waals surface area contributed by atoms with Gasteiger partial charge in [0.15, 0.2) is 6.10 Å². The van der Waals surface area contributed by atoms with E-state index in [9.17, 15) is 19.0 Å². The highest BCUT2D eigenvalue weighted by Gasteiger charge is 2.22. The molecule has 278 valence electrons. The zero-order valence-corrected chi connectivity index (χ0v) is 32.0. The quantitative estimate of drug-likeness (QED) is 0.0306. The number of esters is 2. The predicted molar refractivity (Wildman–Crippen MR) is 201 cm³/mol. The van der Waals surface area contributed by atoms with Gasteiger partial charge in [-0.1, -0.05) is 127 Å². The number of halogens is 1. The van der Waals surface area contributed by atoms with Gasteiger partial charge in [0, 0.05) is 24.1 Å². The Labute approximate surface area is 298 Å². The van der Waals surface area contributed by atoms with Crippen molar-refractivity contribution in [2.24, 2.45) is 0 Å². The molecule has 7 nitrogen and oxygen atoms in total. The third kappa shape index (κ3) is 37.2. The van der Waals surface area contributed by atoms with E-state index in [2.05, 4.69) is 62.5 Å². The van der Waals surface area contributed by atoms with Crippen molar-refractivity contribution in [1.82, 2.24) is 0 Å². The zero-order valence-electron chi connectivity index (χ0n) is 30.3. The van der Waals surface area contributed by atoms with Crippen LogP contribution in [0.25, 0.3) is 0 Å². The van der Waals surface area contributed by atoms with Crippen LogP contribution in [0.1, 0.15) is 168 Å². The van der Waals surface area contributed by atoms with E-state index in [1.165, 1.54) is 51.4 Å². The summed E-state index contributed by atoms with van der Waals surface area (Å²) in [6, 6.07) is 0. The van der Waals surface area contributed by atoms with Gasteiger partial charge in [0.05, 0.1) is 6.61 Å². The molecule has 0 radical (unpaired) electrons. The average Bonchev–Trinajstić information content (AvgIpc) is 3.05. The van der Waals surface area contributed by atoms with Gasteiger partial charge in [0.25, 0.3) is 0 Å². The monoisotopic (exact) mass is 714 g/mol. The molecule has 0 aromatic heterocycles. The Bertz CT molecular complexity index is 925. The summed E-state index contributed by atoms with van der Waals surface area (Å²) in [6.07, 6.45) is 41.5. The van der Waals surface area contributed by atoms with Crippen LogP contribution >= 0.6 is 18.2 Å². The van der Waals surface area contributed by atoms with E-state index in [4.69, 9.17) is 25.2 Å².